The SMILES string of the molecule is C=CN/C(=C(\C)c1ccc2ncc(C(=O)O[C@H]3C[C@H](C=C)C3)cc2c1)c1cccc(C)n1. The molecule has 0 saturated heterocycles. The summed E-state index contributed by atoms with van der Waals surface area (Å²) < 4.78 is 5.60. The van der Waals surface area contributed by atoms with Gasteiger partial charge in [-0.2, -0.15) is 0 Å². The van der Waals surface area contributed by atoms with Crippen LogP contribution in [0.15, 0.2) is 74.1 Å². The summed E-state index contributed by atoms with van der Waals surface area (Å²) in [4.78, 5) is 21.7. The molecule has 2 aromatic heterocycles. The van der Waals surface area contributed by atoms with Crippen LogP contribution in [0, 0.1) is 12.8 Å². The number of ether oxygens (including phenoxy) is 1. The number of aromatic nitrogens is 2. The Balaban J connectivity index is 1.65. The molecule has 32 heavy (non-hydrogen) atoms. The third-order valence-electron chi connectivity index (χ3n) is 5.85. The van der Waals surface area contributed by atoms with Crippen LogP contribution in [0.3, 0.4) is 0 Å². The van der Waals surface area contributed by atoms with Crippen molar-refractivity contribution in [3.63, 3.8) is 0 Å². The molecule has 0 radical (unpaired) electrons. The van der Waals surface area contributed by atoms with Crippen molar-refractivity contribution < 1.29 is 9.53 Å². The first kappa shape index (κ1) is 21.5. The lowest BCUT2D eigenvalue weighted by molar-refractivity contribution is -0.00258. The lowest BCUT2D eigenvalue weighted by atomic mass is 9.82. The van der Waals surface area contributed by atoms with E-state index in [9.17, 15) is 4.79 Å². The van der Waals surface area contributed by atoms with E-state index in [1.807, 2.05) is 62.4 Å². The topological polar surface area (TPSA) is 64.1 Å². The normalized spacial score (nSPS) is 18.3. The molecular formula is C27H27N3O2. The number of pyridine rings is 2. The van der Waals surface area contributed by atoms with Gasteiger partial charge in [0.15, 0.2) is 0 Å². The lowest BCUT2D eigenvalue weighted by Crippen LogP contribution is -2.32. The van der Waals surface area contributed by atoms with Crippen molar-refractivity contribution in [2.75, 3.05) is 0 Å². The minimum Gasteiger partial charge on any atom is -0.459 e. The van der Waals surface area contributed by atoms with Crippen LogP contribution in [-0.2, 0) is 4.74 Å². The summed E-state index contributed by atoms with van der Waals surface area (Å²) in [6.45, 7) is 11.6. The molecule has 1 aliphatic carbocycles. The molecule has 1 N–H and O–H groups in total. The molecule has 3 aromatic rings. The molecule has 0 unspecified atom stereocenters. The van der Waals surface area contributed by atoms with Crippen LogP contribution in [0.2, 0.25) is 0 Å². The fourth-order valence-corrected chi connectivity index (χ4v) is 3.89. The first-order valence-electron chi connectivity index (χ1n) is 10.7. The van der Waals surface area contributed by atoms with Gasteiger partial charge in [0.1, 0.15) is 6.10 Å². The third kappa shape index (κ3) is 4.47. The molecular weight excluding hydrogens is 398 g/mol. The average molecular weight is 426 g/mol. The first-order chi connectivity index (χ1) is 15.5. The van der Waals surface area contributed by atoms with E-state index in [0.717, 1.165) is 52.0 Å². The summed E-state index contributed by atoms with van der Waals surface area (Å²) in [6.07, 6.45) is 6.80. The average Bonchev–Trinajstić information content (AvgIpc) is 2.78. The van der Waals surface area contributed by atoms with Gasteiger partial charge in [0.2, 0.25) is 0 Å². The van der Waals surface area contributed by atoms with Gasteiger partial charge in [-0.1, -0.05) is 24.8 Å². The van der Waals surface area contributed by atoms with Gasteiger partial charge in [0, 0.05) is 17.3 Å². The minimum atomic E-state index is -0.331. The van der Waals surface area contributed by atoms with E-state index in [1.165, 1.54) is 0 Å². The molecule has 5 nitrogen and oxygen atoms in total. The Labute approximate surface area is 188 Å². The van der Waals surface area contributed by atoms with Crippen LogP contribution >= 0.6 is 0 Å². The van der Waals surface area contributed by atoms with E-state index in [4.69, 9.17) is 4.74 Å². The van der Waals surface area contributed by atoms with Crippen molar-refractivity contribution in [3.05, 3.63) is 96.6 Å². The predicted octanol–water partition coefficient (Wildman–Crippen LogP) is 5.68. The first-order valence-corrected chi connectivity index (χ1v) is 10.7. The van der Waals surface area contributed by atoms with E-state index in [0.29, 0.717) is 11.5 Å². The van der Waals surface area contributed by atoms with E-state index >= 15 is 0 Å². The van der Waals surface area contributed by atoms with E-state index in [1.54, 1.807) is 12.4 Å². The number of fused-ring (bicyclic) bond motifs is 1. The summed E-state index contributed by atoms with van der Waals surface area (Å²) in [5.41, 5.74) is 5.97. The Morgan fingerprint density at radius 1 is 1.16 bits per heavy atom. The number of carbonyl (C=O) groups excluding carboxylic acids is 1. The monoisotopic (exact) mass is 425 g/mol. The quantitative estimate of drug-likeness (QED) is 0.390. The molecule has 1 aromatic carbocycles. The van der Waals surface area contributed by atoms with E-state index < -0.39 is 0 Å². The molecule has 1 fully saturated rings. The van der Waals surface area contributed by atoms with Crippen LogP contribution in [0.25, 0.3) is 22.2 Å². The second kappa shape index (κ2) is 9.18. The van der Waals surface area contributed by atoms with Crippen LogP contribution < -0.4 is 5.32 Å². The zero-order chi connectivity index (χ0) is 22.7. The highest BCUT2D eigenvalue weighted by Gasteiger charge is 2.30. The van der Waals surface area contributed by atoms with E-state index in [2.05, 4.69) is 28.4 Å². The molecule has 162 valence electrons. The number of allylic oxidation sites excluding steroid dienone is 2. The zero-order valence-electron chi connectivity index (χ0n) is 18.5. The molecule has 5 heteroatoms. The number of esters is 1. The van der Waals surface area contributed by atoms with Crippen molar-refractivity contribution >= 4 is 28.1 Å². The van der Waals surface area contributed by atoms with Gasteiger partial charge < -0.3 is 10.1 Å². The number of hydrogen-bond acceptors (Lipinski definition) is 5. The van der Waals surface area contributed by atoms with Gasteiger partial charge in [0.05, 0.1) is 22.5 Å². The third-order valence-corrected chi connectivity index (χ3v) is 5.85. The smallest absolute Gasteiger partial charge is 0.339 e. The molecule has 0 amide bonds. The number of rotatable bonds is 7. The summed E-state index contributed by atoms with van der Waals surface area (Å²) in [7, 11) is 0. The van der Waals surface area contributed by atoms with Crippen LogP contribution in [0.1, 0.15) is 47.1 Å². The molecule has 4 rings (SSSR count). The second-order valence-electron chi connectivity index (χ2n) is 8.14. The number of hydrogen-bond donors (Lipinski definition) is 1. The van der Waals surface area contributed by atoms with Crippen molar-refractivity contribution in [3.8, 4) is 0 Å². The van der Waals surface area contributed by atoms with Gasteiger partial charge in [-0.3, -0.25) is 9.97 Å². The van der Waals surface area contributed by atoms with E-state index in [-0.39, 0.29) is 12.1 Å². The summed E-state index contributed by atoms with van der Waals surface area (Å²) in [6, 6.07) is 13.8. The maximum atomic E-state index is 12.6. The fourth-order valence-electron chi connectivity index (χ4n) is 3.89. The standard InChI is InChI=1S/C27H27N3O2/c1-5-19-12-23(13-19)32-27(31)22-15-21-14-20(10-11-24(21)29-16-22)18(4)26(28-6-2)25-9-7-8-17(3)30-25/h5-11,14-16,19,23,28H,1-2,12-13H2,3-4H3/b26-18+/t19-,23-. The predicted molar refractivity (Wildman–Crippen MR) is 129 cm³/mol. The Hall–Kier alpha value is -3.73. The molecule has 1 aliphatic rings. The van der Waals surface area contributed by atoms with Crippen molar-refractivity contribution in [2.24, 2.45) is 5.92 Å². The molecule has 0 spiro atoms. The molecule has 1 saturated carbocycles. The maximum Gasteiger partial charge on any atom is 0.339 e. The van der Waals surface area contributed by atoms with Crippen molar-refractivity contribution in [1.82, 2.24) is 15.3 Å². The number of benzene rings is 1. The van der Waals surface area contributed by atoms with Gasteiger partial charge in [-0.15, -0.1) is 6.58 Å². The van der Waals surface area contributed by atoms with Gasteiger partial charge in [0.25, 0.3) is 0 Å². The lowest BCUT2D eigenvalue weighted by Gasteiger charge is -2.32. The largest absolute Gasteiger partial charge is 0.459 e. The fraction of sp³-hybridized carbons (Fsp3) is 0.222. The number of carbonyl (C=O) groups is 1. The Morgan fingerprint density at radius 2 is 1.94 bits per heavy atom. The highest BCUT2D eigenvalue weighted by atomic mass is 16.5. The summed E-state index contributed by atoms with van der Waals surface area (Å²) in [5, 5.41) is 4.11. The minimum absolute atomic E-state index is 0.0351. The van der Waals surface area contributed by atoms with Crippen LogP contribution in [0.4, 0.5) is 0 Å². The van der Waals surface area contributed by atoms with Crippen molar-refractivity contribution in [1.29, 1.82) is 0 Å². The Bertz CT molecular complexity index is 1220. The van der Waals surface area contributed by atoms with Gasteiger partial charge in [-0.05, 0) is 80.3 Å². The highest BCUT2D eigenvalue weighted by Crippen LogP contribution is 2.31. The molecule has 0 atom stereocenters. The number of aryl methyl sites for hydroxylation is 1. The van der Waals surface area contributed by atoms with Crippen LogP contribution in [-0.4, -0.2) is 22.0 Å². The summed E-state index contributed by atoms with van der Waals surface area (Å²) in [5.74, 6) is 0.115. The molecule has 2 heterocycles. The summed E-state index contributed by atoms with van der Waals surface area (Å²) >= 11 is 0. The second-order valence-corrected chi connectivity index (χ2v) is 8.14. The Kier molecular flexibility index (Phi) is 6.17. The van der Waals surface area contributed by atoms with Crippen molar-refractivity contribution in [2.45, 2.75) is 32.8 Å². The Morgan fingerprint density at radius 3 is 2.66 bits per heavy atom. The maximum absolute atomic E-state index is 12.6. The number of nitrogens with one attached hydrogen (secondary N) is 1. The number of nitrogens with zero attached hydrogens (tertiary/aromatic N) is 2. The molecule has 0 aliphatic heterocycles. The van der Waals surface area contributed by atoms with Gasteiger partial charge >= 0.3 is 5.97 Å². The zero-order valence-corrected chi connectivity index (χ0v) is 18.5. The van der Waals surface area contributed by atoms with Crippen LogP contribution in [0.5, 0.6) is 0 Å². The van der Waals surface area contributed by atoms with Gasteiger partial charge in [-0.25, -0.2) is 4.79 Å². The highest BCUT2D eigenvalue weighted by molar-refractivity contribution is 5.96. The molecule has 0 bridgehead atoms.